The highest BCUT2D eigenvalue weighted by Gasteiger charge is 2.26. The maximum atomic E-state index is 13.9. The standard InChI is InChI=1S/C60H38N2O.C58H37FN2O/c1-2-13-46(14-3-1)62-56-18-7-6-16-52(56)55-37-43(27-35-57(55)62)39-22-28-47(29-23-39)61(49-32-34-51-45(36-49)21-20-41-10-4-5-15-50(41)51)48-30-24-40(25-31-48)44-26-33-53-54-17-8-11-42-12-9-19-58(60(42)54)63-59(53)38-44;59-45-24-32-49(33-25-45)61-54-14-5-4-12-50(54)53-36-43(23-35-55(53)61)40-18-28-47(29-19-40)60(46-26-16-39(17-27-46)38-8-2-1-3-9-38)48-30-20-41(21-31-48)44-22-34-51-52-13-6-10-42-11-7-15-56(58(42)52)62-57(51)37-44/h1-38H;1-37H. The Morgan fingerprint density at radius 1 is 0.184 bits per heavy atom. The van der Waals surface area contributed by atoms with Gasteiger partial charge in [0.25, 0.3) is 0 Å². The molecule has 0 atom stereocenters. The van der Waals surface area contributed by atoms with E-state index >= 15 is 0 Å². The fraction of sp³-hybridized carbons (Fsp3) is 0. The highest BCUT2D eigenvalue weighted by atomic mass is 19.1. The van der Waals surface area contributed by atoms with Crippen molar-refractivity contribution in [2.24, 2.45) is 0 Å². The molecule has 586 valence electrons. The molecule has 6 nitrogen and oxygen atoms in total. The van der Waals surface area contributed by atoms with Crippen LogP contribution in [-0.2, 0) is 0 Å². The molecule has 4 heterocycles. The van der Waals surface area contributed by atoms with Gasteiger partial charge >= 0.3 is 0 Å². The van der Waals surface area contributed by atoms with Gasteiger partial charge in [0.15, 0.2) is 0 Å². The van der Waals surface area contributed by atoms with Crippen LogP contribution in [0.4, 0.5) is 38.5 Å². The zero-order chi connectivity index (χ0) is 82.6. The molecule has 21 aromatic carbocycles. The number of benzene rings is 21. The molecule has 0 fully saturated rings. The molecule has 125 heavy (non-hydrogen) atoms. The molecule has 23 aromatic rings. The number of hydrogen-bond acceptors (Lipinski definition) is 4. The Bertz CT molecular complexity index is 8180. The van der Waals surface area contributed by atoms with E-state index in [1.54, 1.807) is 0 Å². The summed E-state index contributed by atoms with van der Waals surface area (Å²) < 4.78 is 31.6. The zero-order valence-corrected chi connectivity index (χ0v) is 67.8. The van der Waals surface area contributed by atoms with Crippen LogP contribution in [0.15, 0.2) is 455 Å². The van der Waals surface area contributed by atoms with Crippen LogP contribution in [0.3, 0.4) is 0 Å². The van der Waals surface area contributed by atoms with Crippen molar-refractivity contribution >= 4 is 121 Å². The Labute approximate surface area is 721 Å². The van der Waals surface area contributed by atoms with Gasteiger partial charge in [-0.25, -0.2) is 4.39 Å². The Morgan fingerprint density at radius 3 is 1.00 bits per heavy atom. The van der Waals surface area contributed by atoms with E-state index in [0.29, 0.717) is 0 Å². The van der Waals surface area contributed by atoms with Gasteiger partial charge in [-0.3, -0.25) is 0 Å². The second-order valence-corrected chi connectivity index (χ2v) is 32.4. The lowest BCUT2D eigenvalue weighted by atomic mass is 9.93. The second kappa shape index (κ2) is 30.0. The van der Waals surface area contributed by atoms with Crippen LogP contribution >= 0.6 is 0 Å². The van der Waals surface area contributed by atoms with Crippen LogP contribution < -0.4 is 19.3 Å². The molecule has 0 N–H and O–H groups in total. The molecule has 2 aliphatic rings. The van der Waals surface area contributed by atoms with Gasteiger partial charge in [0.2, 0.25) is 0 Å². The van der Waals surface area contributed by atoms with Gasteiger partial charge < -0.3 is 28.4 Å². The predicted octanol–water partition coefficient (Wildman–Crippen LogP) is 33.1. The van der Waals surface area contributed by atoms with Crippen molar-refractivity contribution in [3.63, 3.8) is 0 Å². The van der Waals surface area contributed by atoms with Crippen LogP contribution in [0.25, 0.3) is 176 Å². The normalized spacial score (nSPS) is 11.8. The monoisotopic (exact) mass is 1600 g/mol. The first kappa shape index (κ1) is 72.4. The van der Waals surface area contributed by atoms with Gasteiger partial charge in [-0.05, 0) is 281 Å². The van der Waals surface area contributed by atoms with E-state index < -0.39 is 0 Å². The summed E-state index contributed by atoms with van der Waals surface area (Å²) in [6, 6.07) is 161. The summed E-state index contributed by atoms with van der Waals surface area (Å²) in [7, 11) is 0. The van der Waals surface area contributed by atoms with Gasteiger partial charge in [0.05, 0.1) is 22.1 Å². The van der Waals surface area contributed by atoms with E-state index in [0.717, 1.165) is 140 Å². The molecular weight excluding hydrogens is 1520 g/mol. The molecule has 0 unspecified atom stereocenters. The number of hydrogen-bond donors (Lipinski definition) is 0. The number of aromatic nitrogens is 2. The minimum absolute atomic E-state index is 0.244. The maximum absolute atomic E-state index is 13.9. The minimum Gasteiger partial charge on any atom is -0.456 e. The molecule has 7 heteroatoms. The van der Waals surface area contributed by atoms with Gasteiger partial charge in [0.1, 0.15) is 28.8 Å². The first-order valence-electron chi connectivity index (χ1n) is 42.5. The van der Waals surface area contributed by atoms with E-state index in [-0.39, 0.29) is 5.82 Å². The SMILES string of the molecule is Fc1ccc(-n2c3ccccc3c3cc(-c4ccc(N(c5ccc(-c6ccccc6)cc5)c5ccc(-c6ccc7c(c6)Oc6cccc8cccc-7c68)cc5)cc4)ccc32)cc1.c1ccc(-n2c3ccccc3c3cc(-c4ccc(N(c5ccc(-c6ccc7c(c6)Oc6cccc8cccc-7c68)cc5)c5ccc6c(ccc7ccccc76)c5)cc4)ccc32)cc1. The average molecular weight is 1600 g/mol. The summed E-state index contributed by atoms with van der Waals surface area (Å²) >= 11 is 0. The Morgan fingerprint density at radius 2 is 0.520 bits per heavy atom. The topological polar surface area (TPSA) is 34.8 Å². The number of anilines is 6. The van der Waals surface area contributed by atoms with Crippen molar-refractivity contribution in [2.45, 2.75) is 0 Å². The van der Waals surface area contributed by atoms with Crippen LogP contribution in [0.2, 0.25) is 0 Å². The number of nitrogens with zero attached hydrogens (tertiary/aromatic N) is 4. The summed E-state index contributed by atoms with van der Waals surface area (Å²) in [5, 5.41) is 14.5. The third-order valence-electron chi connectivity index (χ3n) is 25.2. The van der Waals surface area contributed by atoms with Crippen LogP contribution in [-0.4, -0.2) is 9.13 Å². The summed E-state index contributed by atoms with van der Waals surface area (Å²) in [5.41, 5.74) is 29.2. The molecule has 0 amide bonds. The van der Waals surface area contributed by atoms with Gasteiger partial charge in [-0.2, -0.15) is 0 Å². The minimum atomic E-state index is -0.244. The van der Waals surface area contributed by atoms with Crippen LogP contribution in [0.5, 0.6) is 23.0 Å². The Balaban J connectivity index is 0.000000140. The first-order chi connectivity index (χ1) is 61.8. The van der Waals surface area contributed by atoms with Crippen LogP contribution in [0.1, 0.15) is 0 Å². The molecule has 2 aliphatic heterocycles. The fourth-order valence-corrected chi connectivity index (χ4v) is 19.2. The molecule has 2 aromatic heterocycles. The summed E-state index contributed by atoms with van der Waals surface area (Å²) in [5.74, 6) is 3.31. The zero-order valence-electron chi connectivity index (χ0n) is 67.8. The molecule has 25 rings (SSSR count). The maximum Gasteiger partial charge on any atom is 0.135 e. The third kappa shape index (κ3) is 12.7. The van der Waals surface area contributed by atoms with Gasteiger partial charge in [-0.1, -0.05) is 273 Å². The smallest absolute Gasteiger partial charge is 0.135 e. The molecule has 0 saturated heterocycles. The summed E-state index contributed by atoms with van der Waals surface area (Å²) in [6.07, 6.45) is 0. The Hall–Kier alpha value is -16.6. The number of fused-ring (bicyclic) bond motifs is 13. The number of ether oxygens (including phenoxy) is 2. The predicted molar refractivity (Wildman–Crippen MR) is 519 cm³/mol. The van der Waals surface area contributed by atoms with Crippen molar-refractivity contribution < 1.29 is 13.9 Å². The van der Waals surface area contributed by atoms with E-state index in [1.807, 2.05) is 18.2 Å². The van der Waals surface area contributed by atoms with E-state index in [1.165, 1.54) is 105 Å². The number of halogens is 1. The van der Waals surface area contributed by atoms with Crippen molar-refractivity contribution in [1.29, 1.82) is 0 Å². The summed E-state index contributed by atoms with van der Waals surface area (Å²) in [4.78, 5) is 4.68. The first-order valence-corrected chi connectivity index (χ1v) is 42.5. The molecule has 0 spiro atoms. The number of para-hydroxylation sites is 3. The largest absolute Gasteiger partial charge is 0.456 e. The van der Waals surface area contributed by atoms with Gasteiger partial charge in [-0.15, -0.1) is 0 Å². The fourth-order valence-electron chi connectivity index (χ4n) is 19.2. The Kier molecular flexibility index (Phi) is 17.4. The highest BCUT2D eigenvalue weighted by Crippen LogP contribution is 2.51. The van der Waals surface area contributed by atoms with E-state index in [4.69, 9.17) is 9.47 Å². The summed E-state index contributed by atoms with van der Waals surface area (Å²) in [6.45, 7) is 0. The average Bonchev–Trinajstić information content (AvgIpc) is 1.69. The lowest BCUT2D eigenvalue weighted by molar-refractivity contribution is 0.487. The van der Waals surface area contributed by atoms with Crippen LogP contribution in [0, 0.1) is 5.82 Å². The molecular formula is C118H75FN4O2. The highest BCUT2D eigenvalue weighted by molar-refractivity contribution is 6.14. The molecule has 0 bridgehead atoms. The molecule has 0 aliphatic carbocycles. The quantitative estimate of drug-likeness (QED) is 0.108. The van der Waals surface area contributed by atoms with E-state index in [9.17, 15) is 4.39 Å². The van der Waals surface area contributed by atoms with Crippen molar-refractivity contribution in [3.05, 3.63) is 461 Å². The van der Waals surface area contributed by atoms with Crippen molar-refractivity contribution in [2.75, 3.05) is 9.80 Å². The molecule has 0 radical (unpaired) electrons. The molecule has 0 saturated carbocycles. The second-order valence-electron chi connectivity index (χ2n) is 32.4. The van der Waals surface area contributed by atoms with Crippen molar-refractivity contribution in [1.82, 2.24) is 9.13 Å². The van der Waals surface area contributed by atoms with Crippen molar-refractivity contribution in [3.8, 4) is 112 Å². The third-order valence-corrected chi connectivity index (χ3v) is 25.2. The lowest BCUT2D eigenvalue weighted by Gasteiger charge is -2.26. The lowest BCUT2D eigenvalue weighted by Crippen LogP contribution is -2.09. The number of rotatable bonds is 13. The van der Waals surface area contributed by atoms with E-state index in [2.05, 4.69) is 444 Å². The van der Waals surface area contributed by atoms with Gasteiger partial charge in [0, 0.05) is 88.9 Å².